The predicted octanol–water partition coefficient (Wildman–Crippen LogP) is 1.86. The highest BCUT2D eigenvalue weighted by molar-refractivity contribution is 5.26. The molecule has 0 amide bonds. The van der Waals surface area contributed by atoms with E-state index in [9.17, 15) is 4.79 Å². The Hall–Kier alpha value is -1.97. The van der Waals surface area contributed by atoms with Gasteiger partial charge < -0.3 is 9.15 Å². The Morgan fingerprint density at radius 3 is 2.67 bits per heavy atom. The van der Waals surface area contributed by atoms with E-state index in [1.165, 1.54) is 11.8 Å². The first kappa shape index (κ1) is 9.58. The van der Waals surface area contributed by atoms with Gasteiger partial charge in [0.1, 0.15) is 12.4 Å². The maximum atomic E-state index is 10.7. The molecular formula is C11H11NO3. The van der Waals surface area contributed by atoms with Crippen LogP contribution >= 0.6 is 0 Å². The zero-order chi connectivity index (χ0) is 10.7. The van der Waals surface area contributed by atoms with Gasteiger partial charge in [-0.1, -0.05) is 17.7 Å². The highest BCUT2D eigenvalue weighted by Crippen LogP contribution is 2.12. The minimum atomic E-state index is -0.461. The number of aryl methyl sites for hydroxylation is 1. The van der Waals surface area contributed by atoms with Crippen LogP contribution in [0.4, 0.5) is 0 Å². The number of oxazole rings is 1. The smallest absolute Gasteiger partial charge is 0.416 e. The first-order valence-electron chi connectivity index (χ1n) is 4.61. The van der Waals surface area contributed by atoms with Crippen molar-refractivity contribution in [1.82, 2.24) is 4.98 Å². The van der Waals surface area contributed by atoms with Crippen molar-refractivity contribution in [3.8, 4) is 5.75 Å². The molecule has 1 aromatic carbocycles. The maximum absolute atomic E-state index is 10.7. The van der Waals surface area contributed by atoms with Crippen molar-refractivity contribution in [1.29, 1.82) is 0 Å². The second kappa shape index (κ2) is 4.04. The molecule has 4 nitrogen and oxygen atoms in total. The van der Waals surface area contributed by atoms with Gasteiger partial charge in [0.25, 0.3) is 0 Å². The third-order valence-electron chi connectivity index (χ3n) is 1.98. The molecule has 15 heavy (non-hydrogen) atoms. The van der Waals surface area contributed by atoms with Crippen LogP contribution in [0, 0.1) is 6.92 Å². The van der Waals surface area contributed by atoms with Crippen LogP contribution in [0.25, 0.3) is 0 Å². The molecule has 0 spiro atoms. The summed E-state index contributed by atoms with van der Waals surface area (Å²) in [5, 5.41) is 0. The van der Waals surface area contributed by atoms with Gasteiger partial charge in [0, 0.05) is 6.20 Å². The molecule has 0 aliphatic heterocycles. The zero-order valence-corrected chi connectivity index (χ0v) is 8.32. The molecule has 1 N–H and O–H groups in total. The lowest BCUT2D eigenvalue weighted by molar-refractivity contribution is 0.266. The van der Waals surface area contributed by atoms with E-state index in [-0.39, 0.29) is 6.61 Å². The fraction of sp³-hybridized carbons (Fsp3) is 0.182. The van der Waals surface area contributed by atoms with E-state index < -0.39 is 5.76 Å². The molecule has 1 aromatic heterocycles. The Morgan fingerprint density at radius 2 is 2.07 bits per heavy atom. The molecule has 0 aliphatic rings. The number of ether oxygens (including phenoxy) is 1. The van der Waals surface area contributed by atoms with Crippen LogP contribution in [0.5, 0.6) is 5.75 Å². The van der Waals surface area contributed by atoms with Crippen molar-refractivity contribution in [2.24, 2.45) is 0 Å². The Kier molecular flexibility index (Phi) is 2.58. The zero-order valence-electron chi connectivity index (χ0n) is 8.32. The number of hydrogen-bond donors (Lipinski definition) is 1. The van der Waals surface area contributed by atoms with Crippen LogP contribution in [-0.2, 0) is 6.61 Å². The molecular weight excluding hydrogens is 194 g/mol. The maximum Gasteiger partial charge on any atom is 0.416 e. The largest absolute Gasteiger partial charge is 0.486 e. The van der Waals surface area contributed by atoms with Gasteiger partial charge in [0.15, 0.2) is 5.76 Å². The topological polar surface area (TPSA) is 55.2 Å². The summed E-state index contributed by atoms with van der Waals surface area (Å²) in [6.07, 6.45) is 1.50. The van der Waals surface area contributed by atoms with Gasteiger partial charge in [-0.15, -0.1) is 0 Å². The minimum Gasteiger partial charge on any atom is -0.486 e. The molecule has 0 unspecified atom stereocenters. The number of nitrogens with one attached hydrogen (secondary N) is 1. The van der Waals surface area contributed by atoms with Crippen LogP contribution in [0.2, 0.25) is 0 Å². The van der Waals surface area contributed by atoms with Crippen LogP contribution in [-0.4, -0.2) is 4.98 Å². The van der Waals surface area contributed by atoms with Crippen molar-refractivity contribution in [2.75, 3.05) is 0 Å². The van der Waals surface area contributed by atoms with Gasteiger partial charge in [0.2, 0.25) is 0 Å². The first-order chi connectivity index (χ1) is 7.24. The van der Waals surface area contributed by atoms with Gasteiger partial charge in [-0.3, -0.25) is 4.98 Å². The van der Waals surface area contributed by atoms with Crippen LogP contribution in [0.3, 0.4) is 0 Å². The van der Waals surface area contributed by atoms with Crippen molar-refractivity contribution < 1.29 is 9.15 Å². The Bertz CT molecular complexity index is 481. The molecule has 0 radical (unpaired) electrons. The van der Waals surface area contributed by atoms with E-state index in [4.69, 9.17) is 9.15 Å². The normalized spacial score (nSPS) is 10.2. The quantitative estimate of drug-likeness (QED) is 0.832. The van der Waals surface area contributed by atoms with Crippen LogP contribution in [0.15, 0.2) is 39.7 Å². The van der Waals surface area contributed by atoms with Gasteiger partial charge in [0.05, 0.1) is 0 Å². The molecule has 1 heterocycles. The molecule has 4 heteroatoms. The lowest BCUT2D eigenvalue weighted by Crippen LogP contribution is -1.95. The molecule has 78 valence electrons. The highest BCUT2D eigenvalue weighted by atomic mass is 16.5. The Labute approximate surface area is 86.5 Å². The van der Waals surface area contributed by atoms with E-state index in [0.29, 0.717) is 5.76 Å². The highest BCUT2D eigenvalue weighted by Gasteiger charge is 1.99. The molecule has 0 bridgehead atoms. The molecule has 2 rings (SSSR count). The lowest BCUT2D eigenvalue weighted by atomic mass is 10.2. The van der Waals surface area contributed by atoms with Crippen molar-refractivity contribution in [2.45, 2.75) is 13.5 Å². The Balaban J connectivity index is 1.99. The molecule has 0 saturated heterocycles. The van der Waals surface area contributed by atoms with E-state index in [1.54, 1.807) is 0 Å². The van der Waals surface area contributed by atoms with Crippen molar-refractivity contribution in [3.05, 3.63) is 52.3 Å². The lowest BCUT2D eigenvalue weighted by Gasteiger charge is -2.03. The SMILES string of the molecule is Cc1ccc(OCc2c[nH]c(=O)o2)cc1. The summed E-state index contributed by atoms with van der Waals surface area (Å²) in [6.45, 7) is 2.26. The fourth-order valence-corrected chi connectivity index (χ4v) is 1.18. The minimum absolute atomic E-state index is 0.252. The number of benzene rings is 1. The number of rotatable bonds is 3. The van der Waals surface area contributed by atoms with E-state index in [0.717, 1.165) is 5.75 Å². The number of aromatic amines is 1. The standard InChI is InChI=1S/C11H11NO3/c1-8-2-4-9(5-3-8)14-7-10-6-12-11(13)15-10/h2-6H,7H2,1H3,(H,12,13). The summed E-state index contributed by atoms with van der Waals surface area (Å²) in [6, 6.07) is 7.67. The molecule has 0 saturated carbocycles. The van der Waals surface area contributed by atoms with Gasteiger partial charge >= 0.3 is 5.76 Å². The average molecular weight is 205 g/mol. The predicted molar refractivity (Wildman–Crippen MR) is 54.8 cm³/mol. The van der Waals surface area contributed by atoms with Gasteiger partial charge in [-0.05, 0) is 19.1 Å². The third kappa shape index (κ3) is 2.49. The van der Waals surface area contributed by atoms with Crippen LogP contribution in [0.1, 0.15) is 11.3 Å². The molecule has 0 aliphatic carbocycles. The van der Waals surface area contributed by atoms with Gasteiger partial charge in [-0.2, -0.15) is 0 Å². The summed E-state index contributed by atoms with van der Waals surface area (Å²) < 4.78 is 10.2. The first-order valence-corrected chi connectivity index (χ1v) is 4.61. The molecule has 0 fully saturated rings. The number of H-pyrrole nitrogens is 1. The average Bonchev–Trinajstić information content (AvgIpc) is 2.64. The van der Waals surface area contributed by atoms with Crippen LogP contribution < -0.4 is 10.5 Å². The second-order valence-corrected chi connectivity index (χ2v) is 3.25. The van der Waals surface area contributed by atoms with Crippen molar-refractivity contribution >= 4 is 0 Å². The van der Waals surface area contributed by atoms with Gasteiger partial charge in [-0.25, -0.2) is 4.79 Å². The van der Waals surface area contributed by atoms with E-state index in [1.807, 2.05) is 31.2 Å². The molecule has 2 aromatic rings. The summed E-state index contributed by atoms with van der Waals surface area (Å²) in [5.41, 5.74) is 1.18. The third-order valence-corrected chi connectivity index (χ3v) is 1.98. The number of aromatic nitrogens is 1. The summed E-state index contributed by atoms with van der Waals surface area (Å²) in [5.74, 6) is 0.780. The fourth-order valence-electron chi connectivity index (χ4n) is 1.18. The number of hydrogen-bond acceptors (Lipinski definition) is 3. The summed E-state index contributed by atoms with van der Waals surface area (Å²) in [7, 11) is 0. The summed E-state index contributed by atoms with van der Waals surface area (Å²) in [4.78, 5) is 13.1. The molecule has 0 atom stereocenters. The summed E-state index contributed by atoms with van der Waals surface area (Å²) >= 11 is 0. The van der Waals surface area contributed by atoms with E-state index in [2.05, 4.69) is 4.98 Å². The second-order valence-electron chi connectivity index (χ2n) is 3.25. The Morgan fingerprint density at radius 1 is 1.33 bits per heavy atom. The van der Waals surface area contributed by atoms with Crippen molar-refractivity contribution in [3.63, 3.8) is 0 Å². The monoisotopic (exact) mass is 205 g/mol. The van der Waals surface area contributed by atoms with E-state index >= 15 is 0 Å².